The molecule has 1 fully saturated rings. The fourth-order valence-electron chi connectivity index (χ4n) is 2.98. The predicted octanol–water partition coefficient (Wildman–Crippen LogP) is 3.01. The largest absolute Gasteiger partial charge is 0.379 e. The number of rotatable bonds is 3. The van der Waals surface area contributed by atoms with Crippen molar-refractivity contribution in [2.75, 3.05) is 26.3 Å². The average molecular weight is 290 g/mol. The first kappa shape index (κ1) is 14.0. The van der Waals surface area contributed by atoms with Crippen molar-refractivity contribution in [2.45, 2.75) is 25.4 Å². The van der Waals surface area contributed by atoms with Gasteiger partial charge in [-0.05, 0) is 36.2 Å². The van der Waals surface area contributed by atoms with Gasteiger partial charge in [0.2, 0.25) is 0 Å². The molecule has 108 valence electrons. The minimum absolute atomic E-state index is 0.00273. The molecule has 0 saturated carbocycles. The van der Waals surface area contributed by atoms with Crippen LogP contribution in [-0.2, 0) is 4.74 Å². The van der Waals surface area contributed by atoms with Gasteiger partial charge in [-0.3, -0.25) is 4.90 Å². The molecular weight excluding hydrogens is 268 g/mol. The van der Waals surface area contributed by atoms with Gasteiger partial charge in [-0.2, -0.15) is 0 Å². The van der Waals surface area contributed by atoms with Crippen molar-refractivity contribution in [2.24, 2.45) is 5.73 Å². The number of hydrogen-bond acceptors (Lipinski definition) is 4. The van der Waals surface area contributed by atoms with Gasteiger partial charge in [0.05, 0.1) is 13.2 Å². The number of hydrogen-bond donors (Lipinski definition) is 1. The van der Waals surface area contributed by atoms with E-state index in [1.165, 1.54) is 15.6 Å². The van der Waals surface area contributed by atoms with E-state index < -0.39 is 0 Å². The predicted molar refractivity (Wildman–Crippen MR) is 85.2 cm³/mol. The lowest BCUT2D eigenvalue weighted by Crippen LogP contribution is -2.55. The number of morpholine rings is 1. The minimum Gasteiger partial charge on any atom is -0.379 e. The van der Waals surface area contributed by atoms with Gasteiger partial charge in [-0.25, -0.2) is 0 Å². The van der Waals surface area contributed by atoms with Crippen LogP contribution < -0.4 is 5.73 Å². The SMILES string of the molecule is CC(C)(C(N)c1cccc2ccsc12)N1CCOCC1. The summed E-state index contributed by atoms with van der Waals surface area (Å²) in [6.07, 6.45) is 0. The van der Waals surface area contributed by atoms with Gasteiger partial charge < -0.3 is 10.5 Å². The van der Waals surface area contributed by atoms with Crippen LogP contribution in [0.5, 0.6) is 0 Å². The molecule has 0 aliphatic carbocycles. The molecule has 1 saturated heterocycles. The molecule has 3 nitrogen and oxygen atoms in total. The van der Waals surface area contributed by atoms with Crippen LogP contribution in [-0.4, -0.2) is 36.7 Å². The maximum atomic E-state index is 6.65. The molecule has 20 heavy (non-hydrogen) atoms. The number of fused-ring (bicyclic) bond motifs is 1. The summed E-state index contributed by atoms with van der Waals surface area (Å²) in [7, 11) is 0. The van der Waals surface area contributed by atoms with Gasteiger partial charge in [0.25, 0.3) is 0 Å². The summed E-state index contributed by atoms with van der Waals surface area (Å²) in [5.74, 6) is 0. The topological polar surface area (TPSA) is 38.5 Å². The summed E-state index contributed by atoms with van der Waals surface area (Å²) in [6, 6.07) is 8.61. The van der Waals surface area contributed by atoms with Gasteiger partial charge in [-0.15, -0.1) is 11.3 Å². The summed E-state index contributed by atoms with van der Waals surface area (Å²) < 4.78 is 6.78. The lowest BCUT2D eigenvalue weighted by Gasteiger charge is -2.44. The molecule has 3 rings (SSSR count). The molecule has 2 N–H and O–H groups in total. The van der Waals surface area contributed by atoms with Crippen molar-refractivity contribution in [1.29, 1.82) is 0 Å². The highest BCUT2D eigenvalue weighted by molar-refractivity contribution is 7.17. The summed E-state index contributed by atoms with van der Waals surface area (Å²) in [6.45, 7) is 8.02. The molecule has 1 aromatic carbocycles. The molecule has 1 aliphatic rings. The Balaban J connectivity index is 1.94. The van der Waals surface area contributed by atoms with E-state index in [2.05, 4.69) is 48.4 Å². The highest BCUT2D eigenvalue weighted by Gasteiger charge is 2.35. The van der Waals surface area contributed by atoms with E-state index >= 15 is 0 Å². The van der Waals surface area contributed by atoms with Gasteiger partial charge >= 0.3 is 0 Å². The molecule has 0 radical (unpaired) electrons. The Kier molecular flexibility index (Phi) is 3.82. The smallest absolute Gasteiger partial charge is 0.0594 e. The zero-order valence-corrected chi connectivity index (χ0v) is 13.0. The Labute approximate surface area is 124 Å². The molecule has 1 atom stereocenters. The third kappa shape index (κ3) is 2.37. The van der Waals surface area contributed by atoms with E-state index in [1.54, 1.807) is 11.3 Å². The van der Waals surface area contributed by atoms with Crippen molar-refractivity contribution in [3.8, 4) is 0 Å². The molecule has 0 bridgehead atoms. The van der Waals surface area contributed by atoms with E-state index in [0.29, 0.717) is 0 Å². The monoisotopic (exact) mass is 290 g/mol. The average Bonchev–Trinajstić information content (AvgIpc) is 2.95. The van der Waals surface area contributed by atoms with Gasteiger partial charge in [0.15, 0.2) is 0 Å². The van der Waals surface area contributed by atoms with Gasteiger partial charge in [0.1, 0.15) is 0 Å². The maximum Gasteiger partial charge on any atom is 0.0594 e. The highest BCUT2D eigenvalue weighted by Crippen LogP contribution is 2.35. The molecule has 1 unspecified atom stereocenters. The normalized spacial score (nSPS) is 19.4. The lowest BCUT2D eigenvalue weighted by atomic mass is 9.87. The van der Waals surface area contributed by atoms with Crippen LogP contribution in [0.3, 0.4) is 0 Å². The second-order valence-corrected chi connectivity index (χ2v) is 6.83. The van der Waals surface area contributed by atoms with E-state index in [9.17, 15) is 0 Å². The lowest BCUT2D eigenvalue weighted by molar-refractivity contribution is -0.0189. The third-order valence-electron chi connectivity index (χ3n) is 4.43. The standard InChI is InChI=1S/C16H22N2OS/c1-16(2,18-7-9-19-10-8-18)15(17)13-5-3-4-12-6-11-20-14(12)13/h3-6,11,15H,7-10,17H2,1-2H3. The Hall–Kier alpha value is -0.940. The number of nitrogens with zero attached hydrogens (tertiary/aromatic N) is 1. The summed E-state index contributed by atoms with van der Waals surface area (Å²) in [4.78, 5) is 2.45. The molecule has 0 amide bonds. The first-order chi connectivity index (χ1) is 9.60. The second-order valence-electron chi connectivity index (χ2n) is 5.92. The van der Waals surface area contributed by atoms with Gasteiger partial charge in [-0.1, -0.05) is 18.2 Å². The second kappa shape index (κ2) is 5.45. The molecule has 1 aromatic heterocycles. The first-order valence-corrected chi connectivity index (χ1v) is 8.03. The Morgan fingerprint density at radius 2 is 2.00 bits per heavy atom. The van der Waals surface area contributed by atoms with Crippen LogP contribution in [0.2, 0.25) is 0 Å². The van der Waals surface area contributed by atoms with Crippen molar-refractivity contribution >= 4 is 21.4 Å². The Morgan fingerprint density at radius 1 is 1.25 bits per heavy atom. The van der Waals surface area contributed by atoms with Crippen LogP contribution in [0, 0.1) is 0 Å². The Bertz CT molecular complexity index is 587. The summed E-state index contributed by atoms with van der Waals surface area (Å²) in [5, 5.41) is 3.43. The fourth-order valence-corrected chi connectivity index (χ4v) is 3.93. The molecule has 0 spiro atoms. The molecule has 2 heterocycles. The van der Waals surface area contributed by atoms with Crippen molar-refractivity contribution in [1.82, 2.24) is 4.90 Å². The maximum absolute atomic E-state index is 6.65. The summed E-state index contributed by atoms with van der Waals surface area (Å²) in [5.41, 5.74) is 7.84. The zero-order chi connectivity index (χ0) is 14.2. The van der Waals surface area contributed by atoms with Crippen LogP contribution in [0.4, 0.5) is 0 Å². The van der Waals surface area contributed by atoms with Crippen molar-refractivity contribution < 1.29 is 4.74 Å². The number of benzene rings is 1. The van der Waals surface area contributed by atoms with E-state index in [4.69, 9.17) is 10.5 Å². The minimum atomic E-state index is -0.0674. The molecule has 2 aromatic rings. The van der Waals surface area contributed by atoms with Crippen LogP contribution in [0.1, 0.15) is 25.5 Å². The van der Waals surface area contributed by atoms with Crippen molar-refractivity contribution in [3.05, 3.63) is 35.2 Å². The third-order valence-corrected chi connectivity index (χ3v) is 5.41. The number of nitrogens with two attached hydrogens (primary N) is 1. The number of ether oxygens (including phenoxy) is 1. The quantitative estimate of drug-likeness (QED) is 0.944. The molecule has 4 heteroatoms. The number of thiophene rings is 1. The molecule has 1 aliphatic heterocycles. The van der Waals surface area contributed by atoms with E-state index in [1.807, 2.05) is 0 Å². The highest BCUT2D eigenvalue weighted by atomic mass is 32.1. The van der Waals surface area contributed by atoms with Crippen LogP contribution in [0.25, 0.3) is 10.1 Å². The molecular formula is C16H22N2OS. The van der Waals surface area contributed by atoms with E-state index in [0.717, 1.165) is 26.3 Å². The van der Waals surface area contributed by atoms with Crippen LogP contribution >= 0.6 is 11.3 Å². The Morgan fingerprint density at radius 3 is 2.75 bits per heavy atom. The first-order valence-electron chi connectivity index (χ1n) is 7.15. The fraction of sp³-hybridized carbons (Fsp3) is 0.500. The van der Waals surface area contributed by atoms with Gasteiger partial charge in [0, 0.05) is 29.4 Å². The van der Waals surface area contributed by atoms with Crippen molar-refractivity contribution in [3.63, 3.8) is 0 Å². The summed E-state index contributed by atoms with van der Waals surface area (Å²) >= 11 is 1.78. The van der Waals surface area contributed by atoms with E-state index in [-0.39, 0.29) is 11.6 Å². The van der Waals surface area contributed by atoms with Crippen LogP contribution in [0.15, 0.2) is 29.6 Å². The zero-order valence-electron chi connectivity index (χ0n) is 12.1.